The van der Waals surface area contributed by atoms with Crippen molar-refractivity contribution >= 4 is 11.8 Å². The number of nitrogens with one attached hydrogen (secondary N) is 1. The zero-order chi connectivity index (χ0) is 16.8. The molecule has 2 aliphatic rings. The van der Waals surface area contributed by atoms with Gasteiger partial charge in [0, 0.05) is 44.2 Å². The summed E-state index contributed by atoms with van der Waals surface area (Å²) >= 11 is 0. The van der Waals surface area contributed by atoms with E-state index in [9.17, 15) is 9.59 Å². The fourth-order valence-electron chi connectivity index (χ4n) is 3.43. The molecule has 3 heterocycles. The van der Waals surface area contributed by atoms with Crippen LogP contribution in [-0.4, -0.2) is 54.0 Å². The summed E-state index contributed by atoms with van der Waals surface area (Å²) in [7, 11) is 0. The molecule has 2 saturated heterocycles. The van der Waals surface area contributed by atoms with Gasteiger partial charge in [0.1, 0.15) is 0 Å². The number of ether oxygens (including phenoxy) is 1. The number of carbonyl (C=O) groups is 2. The summed E-state index contributed by atoms with van der Waals surface area (Å²) in [6.07, 6.45) is 7.25. The van der Waals surface area contributed by atoms with Crippen LogP contribution in [0.1, 0.15) is 31.2 Å². The molecule has 0 saturated carbocycles. The lowest BCUT2D eigenvalue weighted by Gasteiger charge is -2.20. The first kappa shape index (κ1) is 16.9. The van der Waals surface area contributed by atoms with Gasteiger partial charge in [-0.15, -0.1) is 0 Å². The topological polar surface area (TPSA) is 71.5 Å². The van der Waals surface area contributed by atoms with Gasteiger partial charge in [-0.1, -0.05) is 0 Å². The van der Waals surface area contributed by atoms with E-state index in [2.05, 4.69) is 10.3 Å². The van der Waals surface area contributed by atoms with E-state index < -0.39 is 0 Å². The first-order valence-electron chi connectivity index (χ1n) is 8.76. The van der Waals surface area contributed by atoms with E-state index in [1.54, 1.807) is 12.4 Å². The van der Waals surface area contributed by atoms with Crippen molar-refractivity contribution in [2.24, 2.45) is 5.92 Å². The average molecular weight is 331 g/mol. The third-order valence-electron chi connectivity index (χ3n) is 4.80. The van der Waals surface area contributed by atoms with Crippen LogP contribution < -0.4 is 5.32 Å². The third-order valence-corrected chi connectivity index (χ3v) is 4.80. The summed E-state index contributed by atoms with van der Waals surface area (Å²) in [5, 5.41) is 3.10. The van der Waals surface area contributed by atoms with Crippen molar-refractivity contribution in [3.05, 3.63) is 30.1 Å². The Hall–Kier alpha value is -1.95. The van der Waals surface area contributed by atoms with Gasteiger partial charge in [0.2, 0.25) is 11.8 Å². The van der Waals surface area contributed by atoms with Gasteiger partial charge in [-0.25, -0.2) is 0 Å². The van der Waals surface area contributed by atoms with Gasteiger partial charge in [-0.05, 0) is 37.0 Å². The van der Waals surface area contributed by atoms with E-state index in [1.165, 1.54) is 5.56 Å². The Morgan fingerprint density at radius 3 is 2.92 bits per heavy atom. The van der Waals surface area contributed by atoms with Crippen LogP contribution in [0.2, 0.25) is 0 Å². The lowest BCUT2D eigenvalue weighted by Crippen LogP contribution is -2.40. The number of carbonyl (C=O) groups excluding carboxylic acids is 2. The van der Waals surface area contributed by atoms with Crippen molar-refractivity contribution < 1.29 is 14.3 Å². The van der Waals surface area contributed by atoms with Gasteiger partial charge in [0.05, 0.1) is 19.3 Å². The molecule has 1 N–H and O–H groups in total. The number of likely N-dealkylation sites (tertiary alicyclic amines) is 1. The normalized spacial score (nSPS) is 23.7. The molecule has 0 aromatic carbocycles. The first-order chi connectivity index (χ1) is 11.7. The molecule has 2 amide bonds. The molecule has 0 radical (unpaired) electrons. The van der Waals surface area contributed by atoms with Crippen LogP contribution in [-0.2, 0) is 20.7 Å². The minimum atomic E-state index is 0.0527. The SMILES string of the molecule is O=C(CCCN1CCCC1=O)N[C@H]1COC[C@H]1Cc1ccncc1. The summed E-state index contributed by atoms with van der Waals surface area (Å²) in [4.78, 5) is 29.6. The minimum absolute atomic E-state index is 0.0527. The molecule has 0 unspecified atom stereocenters. The van der Waals surface area contributed by atoms with Gasteiger partial charge in [0.25, 0.3) is 0 Å². The maximum absolute atomic E-state index is 12.2. The zero-order valence-electron chi connectivity index (χ0n) is 13.9. The van der Waals surface area contributed by atoms with E-state index in [0.717, 1.165) is 25.8 Å². The maximum Gasteiger partial charge on any atom is 0.222 e. The van der Waals surface area contributed by atoms with Crippen LogP contribution in [0.25, 0.3) is 0 Å². The lowest BCUT2D eigenvalue weighted by molar-refractivity contribution is -0.128. The molecular formula is C18H25N3O3. The summed E-state index contributed by atoms with van der Waals surface area (Å²) in [6.45, 7) is 2.78. The molecule has 0 aliphatic carbocycles. The fraction of sp³-hybridized carbons (Fsp3) is 0.611. The van der Waals surface area contributed by atoms with Crippen LogP contribution in [0.15, 0.2) is 24.5 Å². The van der Waals surface area contributed by atoms with Crippen molar-refractivity contribution in [3.8, 4) is 0 Å². The third kappa shape index (κ3) is 4.54. The molecule has 6 nitrogen and oxygen atoms in total. The van der Waals surface area contributed by atoms with Crippen molar-refractivity contribution in [2.75, 3.05) is 26.3 Å². The predicted molar refractivity (Wildman–Crippen MR) is 89.2 cm³/mol. The van der Waals surface area contributed by atoms with Crippen molar-refractivity contribution in [1.82, 2.24) is 15.2 Å². The second-order valence-corrected chi connectivity index (χ2v) is 6.62. The molecule has 2 fully saturated rings. The van der Waals surface area contributed by atoms with Gasteiger partial charge in [-0.3, -0.25) is 14.6 Å². The van der Waals surface area contributed by atoms with Crippen molar-refractivity contribution in [2.45, 2.75) is 38.1 Å². The Bertz CT molecular complexity index is 564. The molecule has 3 rings (SSSR count). The second kappa shape index (κ2) is 8.24. The van der Waals surface area contributed by atoms with Crippen LogP contribution in [0.5, 0.6) is 0 Å². The van der Waals surface area contributed by atoms with Crippen LogP contribution in [0.3, 0.4) is 0 Å². The first-order valence-corrected chi connectivity index (χ1v) is 8.76. The van der Waals surface area contributed by atoms with E-state index in [0.29, 0.717) is 38.5 Å². The van der Waals surface area contributed by atoms with Crippen molar-refractivity contribution in [3.63, 3.8) is 0 Å². The highest BCUT2D eigenvalue weighted by atomic mass is 16.5. The van der Waals surface area contributed by atoms with Crippen LogP contribution in [0, 0.1) is 5.92 Å². The molecular weight excluding hydrogens is 306 g/mol. The predicted octanol–water partition coefficient (Wildman–Crippen LogP) is 1.16. The summed E-state index contributed by atoms with van der Waals surface area (Å²) < 4.78 is 5.56. The molecule has 1 aromatic heterocycles. The van der Waals surface area contributed by atoms with E-state index in [4.69, 9.17) is 4.74 Å². The van der Waals surface area contributed by atoms with E-state index in [1.807, 2.05) is 17.0 Å². The van der Waals surface area contributed by atoms with Gasteiger partial charge in [-0.2, -0.15) is 0 Å². The Morgan fingerprint density at radius 2 is 2.17 bits per heavy atom. The molecule has 130 valence electrons. The number of aromatic nitrogens is 1. The number of hydrogen-bond acceptors (Lipinski definition) is 4. The lowest BCUT2D eigenvalue weighted by atomic mass is 9.95. The maximum atomic E-state index is 12.2. The number of amides is 2. The molecule has 2 aliphatic heterocycles. The van der Waals surface area contributed by atoms with Gasteiger partial charge < -0.3 is 15.0 Å². The monoisotopic (exact) mass is 331 g/mol. The van der Waals surface area contributed by atoms with E-state index in [-0.39, 0.29) is 17.9 Å². The second-order valence-electron chi connectivity index (χ2n) is 6.62. The quantitative estimate of drug-likeness (QED) is 0.814. The smallest absolute Gasteiger partial charge is 0.222 e. The summed E-state index contributed by atoms with van der Waals surface area (Å²) in [5.74, 6) is 0.574. The summed E-state index contributed by atoms with van der Waals surface area (Å²) in [6, 6.07) is 4.08. The largest absolute Gasteiger partial charge is 0.379 e. The standard InChI is InChI=1S/C18H25N3O3/c22-17(3-1-9-21-10-2-4-18(21)23)20-16-13-24-12-15(16)11-14-5-7-19-8-6-14/h5-8,15-16H,1-4,9-13H2,(H,20,22)/t15-,16+/m1/s1. The number of hydrogen-bond donors (Lipinski definition) is 1. The molecule has 2 atom stereocenters. The molecule has 0 spiro atoms. The number of nitrogens with zero attached hydrogens (tertiary/aromatic N) is 2. The van der Waals surface area contributed by atoms with Gasteiger partial charge >= 0.3 is 0 Å². The molecule has 6 heteroatoms. The minimum Gasteiger partial charge on any atom is -0.379 e. The highest BCUT2D eigenvalue weighted by molar-refractivity contribution is 5.78. The van der Waals surface area contributed by atoms with E-state index >= 15 is 0 Å². The Kier molecular flexibility index (Phi) is 5.80. The highest BCUT2D eigenvalue weighted by Gasteiger charge is 2.29. The van der Waals surface area contributed by atoms with Gasteiger partial charge in [0.15, 0.2) is 0 Å². The Balaban J connectivity index is 1.40. The number of rotatable bonds is 7. The Labute approximate surface area is 142 Å². The van der Waals surface area contributed by atoms with Crippen LogP contribution in [0.4, 0.5) is 0 Å². The number of pyridine rings is 1. The summed E-state index contributed by atoms with van der Waals surface area (Å²) in [5.41, 5.74) is 1.22. The van der Waals surface area contributed by atoms with Crippen LogP contribution >= 0.6 is 0 Å². The Morgan fingerprint density at radius 1 is 1.33 bits per heavy atom. The molecule has 1 aromatic rings. The van der Waals surface area contributed by atoms with Crippen molar-refractivity contribution in [1.29, 1.82) is 0 Å². The molecule has 24 heavy (non-hydrogen) atoms. The highest BCUT2D eigenvalue weighted by Crippen LogP contribution is 2.19. The fourth-order valence-corrected chi connectivity index (χ4v) is 3.43. The molecule has 0 bridgehead atoms. The zero-order valence-corrected chi connectivity index (χ0v) is 13.9. The average Bonchev–Trinajstić information content (AvgIpc) is 3.18.